The van der Waals surface area contributed by atoms with Crippen LogP contribution in [-0.4, -0.2) is 8.07 Å². The zero-order valence-corrected chi connectivity index (χ0v) is 36.6. The first kappa shape index (κ1) is 37.8. The molecule has 0 saturated carbocycles. The second-order valence-corrected chi connectivity index (χ2v) is 24.4. The second-order valence-electron chi connectivity index (χ2n) is 16.5. The molecule has 0 spiro atoms. The molecule has 2 aliphatic carbocycles. The van der Waals surface area contributed by atoms with Crippen molar-refractivity contribution in [2.45, 2.75) is 138 Å². The van der Waals surface area contributed by atoms with E-state index in [-0.39, 0.29) is 0 Å². The van der Waals surface area contributed by atoms with Crippen molar-refractivity contribution in [3.63, 3.8) is 0 Å². The van der Waals surface area contributed by atoms with Crippen LogP contribution in [0.3, 0.4) is 0 Å². The van der Waals surface area contributed by atoms with E-state index in [4.69, 9.17) is 0 Å². The van der Waals surface area contributed by atoms with Gasteiger partial charge < -0.3 is 0 Å². The standard InChI is InChI=1S/C50H62Si.Zr/c1-7-11-13-15-21-43-35-41-23-17-25-45(39-31-27-37(19-9-3)28-32-39)47(41)49(43)51(5,6)50-44(22-16-14-12-8-2)36-42-24-18-26-46(48(42)50)40-33-29-38(20-10-4)30-34-40;/h17-18,23-36H,7-16,19-22H2,1-6H3;. The van der Waals surface area contributed by atoms with Crippen LogP contribution >= 0.6 is 0 Å². The van der Waals surface area contributed by atoms with Crippen molar-refractivity contribution < 1.29 is 23.2 Å². The molecular weight excluding hydrogens is 720 g/mol. The van der Waals surface area contributed by atoms with E-state index < -0.39 is 31.3 Å². The maximum atomic E-state index is 2.78. The van der Waals surface area contributed by atoms with Gasteiger partial charge >= 0.3 is 331 Å². The SMILES string of the molecule is CCCCCCC1=C2c3c(-c4ccc(CCC)cc4)cccc3[CH]1[Zr][CH]1C(CCCCCC)=C(c3c(-c4ccc(CCC)cc4)cccc31)[Si]2(C)C. The normalized spacial score (nSPS) is 18.3. The van der Waals surface area contributed by atoms with Crippen LogP contribution in [-0.2, 0) is 36.1 Å². The van der Waals surface area contributed by atoms with Gasteiger partial charge in [0.05, 0.1) is 0 Å². The third-order valence-electron chi connectivity index (χ3n) is 12.4. The van der Waals surface area contributed by atoms with E-state index in [9.17, 15) is 0 Å². The Morgan fingerprint density at radius 2 is 0.885 bits per heavy atom. The van der Waals surface area contributed by atoms with Gasteiger partial charge in [-0.2, -0.15) is 0 Å². The van der Waals surface area contributed by atoms with E-state index >= 15 is 0 Å². The summed E-state index contributed by atoms with van der Waals surface area (Å²) in [7, 11) is -2.20. The van der Waals surface area contributed by atoms with Crippen molar-refractivity contribution in [2.75, 3.05) is 0 Å². The molecule has 3 aliphatic rings. The second kappa shape index (κ2) is 16.9. The van der Waals surface area contributed by atoms with Crippen LogP contribution in [0.25, 0.3) is 32.6 Å². The molecule has 0 amide bonds. The molecule has 4 aromatic rings. The Morgan fingerprint density at radius 3 is 1.27 bits per heavy atom. The first-order valence-corrected chi connectivity index (χ1v) is 26.9. The molecule has 7 rings (SSSR count). The fraction of sp³-hybridized carbons (Fsp3) is 0.440. The van der Waals surface area contributed by atoms with E-state index in [1.54, 1.807) is 22.3 Å². The molecule has 4 aromatic carbocycles. The molecule has 1 heterocycles. The number of benzene rings is 4. The van der Waals surface area contributed by atoms with Gasteiger partial charge in [0.25, 0.3) is 0 Å². The van der Waals surface area contributed by atoms with Crippen LogP contribution in [0.2, 0.25) is 13.1 Å². The molecule has 0 fully saturated rings. The third-order valence-corrected chi connectivity index (χ3v) is 21.0. The van der Waals surface area contributed by atoms with Crippen LogP contribution in [0.5, 0.6) is 0 Å². The minimum absolute atomic E-state index is 0.682. The molecule has 2 unspecified atom stereocenters. The van der Waals surface area contributed by atoms with E-state index in [0.29, 0.717) is 7.25 Å². The molecule has 4 bridgehead atoms. The molecule has 0 radical (unpaired) electrons. The fourth-order valence-electron chi connectivity index (χ4n) is 10.0. The van der Waals surface area contributed by atoms with Crippen LogP contribution in [0.15, 0.2) is 96.1 Å². The molecular formula is C50H62SiZr. The molecule has 52 heavy (non-hydrogen) atoms. The van der Waals surface area contributed by atoms with Crippen LogP contribution < -0.4 is 0 Å². The van der Waals surface area contributed by atoms with E-state index in [1.165, 1.54) is 110 Å². The molecule has 0 nitrogen and oxygen atoms in total. The van der Waals surface area contributed by atoms with Gasteiger partial charge in [-0.15, -0.1) is 0 Å². The van der Waals surface area contributed by atoms with Gasteiger partial charge in [0.2, 0.25) is 0 Å². The number of fused-ring (bicyclic) bond motifs is 8. The van der Waals surface area contributed by atoms with Crippen molar-refractivity contribution in [1.82, 2.24) is 0 Å². The summed E-state index contributed by atoms with van der Waals surface area (Å²) in [5, 5.41) is 3.69. The first-order chi connectivity index (χ1) is 25.4. The van der Waals surface area contributed by atoms with Crippen LogP contribution in [0.4, 0.5) is 0 Å². The van der Waals surface area contributed by atoms with Crippen LogP contribution in [0, 0.1) is 0 Å². The van der Waals surface area contributed by atoms with Gasteiger partial charge in [0.1, 0.15) is 0 Å². The molecule has 270 valence electrons. The van der Waals surface area contributed by atoms with Gasteiger partial charge in [-0.25, -0.2) is 0 Å². The number of rotatable bonds is 16. The molecule has 0 aromatic heterocycles. The summed E-state index contributed by atoms with van der Waals surface area (Å²) >= 11 is -0.995. The quantitative estimate of drug-likeness (QED) is 0.0784. The Balaban J connectivity index is 1.44. The minimum atomic E-state index is -2.20. The van der Waals surface area contributed by atoms with Crippen molar-refractivity contribution >= 4 is 18.5 Å². The Morgan fingerprint density at radius 1 is 0.462 bits per heavy atom. The van der Waals surface area contributed by atoms with Crippen LogP contribution in [0.1, 0.15) is 145 Å². The predicted octanol–water partition coefficient (Wildman–Crippen LogP) is 15.1. The summed E-state index contributed by atoms with van der Waals surface area (Å²) in [6.45, 7) is 14.9. The zero-order valence-electron chi connectivity index (χ0n) is 33.1. The molecule has 2 heteroatoms. The Labute approximate surface area is 329 Å². The van der Waals surface area contributed by atoms with Crippen molar-refractivity contribution in [2.24, 2.45) is 0 Å². The summed E-state index contributed by atoms with van der Waals surface area (Å²) in [5.74, 6) is 0. The topological polar surface area (TPSA) is 0 Å². The number of allylic oxidation sites excluding steroid dienone is 2. The fourth-order valence-corrected chi connectivity index (χ4v) is 20.3. The van der Waals surface area contributed by atoms with Gasteiger partial charge in [-0.1, -0.05) is 0 Å². The zero-order chi connectivity index (χ0) is 36.2. The monoisotopic (exact) mass is 780 g/mol. The predicted molar refractivity (Wildman–Crippen MR) is 226 cm³/mol. The van der Waals surface area contributed by atoms with E-state index in [2.05, 4.69) is 126 Å². The summed E-state index contributed by atoms with van der Waals surface area (Å²) in [4.78, 5) is 0. The molecule has 0 N–H and O–H groups in total. The van der Waals surface area contributed by atoms with E-state index in [1.807, 2.05) is 21.5 Å². The summed E-state index contributed by atoms with van der Waals surface area (Å²) in [6.07, 6.45) is 18.1. The van der Waals surface area contributed by atoms with E-state index in [0.717, 1.165) is 12.8 Å². The third kappa shape index (κ3) is 7.18. The summed E-state index contributed by atoms with van der Waals surface area (Å²) < 4.78 is 1.36. The molecule has 2 atom stereocenters. The van der Waals surface area contributed by atoms with Gasteiger partial charge in [0.15, 0.2) is 0 Å². The molecule has 1 aliphatic heterocycles. The Hall–Kier alpha value is -2.54. The first-order valence-electron chi connectivity index (χ1n) is 21.1. The number of aryl methyl sites for hydroxylation is 2. The van der Waals surface area contributed by atoms with Crippen molar-refractivity contribution in [1.29, 1.82) is 0 Å². The van der Waals surface area contributed by atoms with Gasteiger partial charge in [-0.05, 0) is 0 Å². The number of hydrogen-bond acceptors (Lipinski definition) is 0. The number of unbranched alkanes of at least 4 members (excludes halogenated alkanes) is 6. The Kier molecular flexibility index (Phi) is 12.2. The average Bonchev–Trinajstić information content (AvgIpc) is 3.67. The van der Waals surface area contributed by atoms with Crippen molar-refractivity contribution in [3.8, 4) is 22.3 Å². The summed E-state index contributed by atoms with van der Waals surface area (Å²) in [6, 6.07) is 34.4. The van der Waals surface area contributed by atoms with Gasteiger partial charge in [0, 0.05) is 0 Å². The number of hydrogen-bond donors (Lipinski definition) is 0. The van der Waals surface area contributed by atoms with Gasteiger partial charge in [-0.3, -0.25) is 0 Å². The maximum absolute atomic E-state index is 2.78. The Bertz CT molecular complexity index is 1780. The van der Waals surface area contributed by atoms with Crippen molar-refractivity contribution in [3.05, 3.63) is 129 Å². The molecule has 0 saturated heterocycles. The summed E-state index contributed by atoms with van der Waals surface area (Å²) in [5.41, 5.74) is 19.4. The average molecular weight is 782 g/mol.